The molecule has 0 fully saturated rings. The molecule has 1 N–H and O–H groups in total. The zero-order chi connectivity index (χ0) is 19.9. The van der Waals surface area contributed by atoms with Crippen molar-refractivity contribution >= 4 is 23.2 Å². The van der Waals surface area contributed by atoms with E-state index in [1.807, 2.05) is 86.6 Å². The van der Waals surface area contributed by atoms with E-state index >= 15 is 0 Å². The Hall–Kier alpha value is -3.40. The first-order chi connectivity index (χ1) is 13.6. The van der Waals surface area contributed by atoms with Crippen LogP contribution >= 0.6 is 0 Å². The third-order valence-corrected chi connectivity index (χ3v) is 4.64. The van der Waals surface area contributed by atoms with Gasteiger partial charge in [0.25, 0.3) is 5.91 Å². The predicted octanol–water partition coefficient (Wildman–Crippen LogP) is 4.84. The summed E-state index contributed by atoms with van der Waals surface area (Å²) in [6.07, 6.45) is 0.314. The molecule has 28 heavy (non-hydrogen) atoms. The number of likely N-dealkylation sites (N-methyl/N-ethyl adjacent to an activating group) is 1. The van der Waals surface area contributed by atoms with Crippen LogP contribution in [0, 0.1) is 6.92 Å². The molecule has 0 unspecified atom stereocenters. The molecule has 142 valence electrons. The first kappa shape index (κ1) is 19.4. The fraction of sp³-hybridized carbons (Fsp3) is 0.167. The maximum absolute atomic E-state index is 12.7. The van der Waals surface area contributed by atoms with Crippen molar-refractivity contribution in [1.29, 1.82) is 0 Å². The van der Waals surface area contributed by atoms with Gasteiger partial charge in [-0.3, -0.25) is 9.59 Å². The molecule has 2 amide bonds. The number of nitrogens with one attached hydrogen (secondary N) is 1. The van der Waals surface area contributed by atoms with E-state index in [0.29, 0.717) is 24.2 Å². The number of aryl methyl sites for hydroxylation is 1. The van der Waals surface area contributed by atoms with Crippen molar-refractivity contribution in [3.05, 3.63) is 95.6 Å². The molecule has 0 saturated carbocycles. The van der Waals surface area contributed by atoms with Gasteiger partial charge in [-0.25, -0.2) is 0 Å². The van der Waals surface area contributed by atoms with Gasteiger partial charge in [0.2, 0.25) is 5.91 Å². The SMILES string of the molecule is CCN(C(=O)Cc1ccc(NC(=O)c2ccccc2C)cc1)c1ccccc1. The van der Waals surface area contributed by atoms with Crippen molar-refractivity contribution in [1.82, 2.24) is 0 Å². The average molecular weight is 372 g/mol. The van der Waals surface area contributed by atoms with Crippen molar-refractivity contribution < 1.29 is 9.59 Å². The minimum Gasteiger partial charge on any atom is -0.322 e. The molecule has 0 saturated heterocycles. The molecule has 0 radical (unpaired) electrons. The van der Waals surface area contributed by atoms with Crippen molar-refractivity contribution in [3.8, 4) is 0 Å². The van der Waals surface area contributed by atoms with Crippen LogP contribution in [0.15, 0.2) is 78.9 Å². The van der Waals surface area contributed by atoms with Crippen LogP contribution in [-0.4, -0.2) is 18.4 Å². The lowest BCUT2D eigenvalue weighted by atomic mass is 10.1. The second-order valence-corrected chi connectivity index (χ2v) is 6.62. The number of hydrogen-bond donors (Lipinski definition) is 1. The first-order valence-corrected chi connectivity index (χ1v) is 9.40. The summed E-state index contributed by atoms with van der Waals surface area (Å²) in [7, 11) is 0. The van der Waals surface area contributed by atoms with Crippen LogP contribution in [0.25, 0.3) is 0 Å². The Morgan fingerprint density at radius 3 is 2.14 bits per heavy atom. The maximum Gasteiger partial charge on any atom is 0.255 e. The van der Waals surface area contributed by atoms with E-state index in [2.05, 4.69) is 5.32 Å². The highest BCUT2D eigenvalue weighted by Gasteiger charge is 2.14. The van der Waals surface area contributed by atoms with Gasteiger partial charge in [-0.2, -0.15) is 0 Å². The summed E-state index contributed by atoms with van der Waals surface area (Å²) < 4.78 is 0. The lowest BCUT2D eigenvalue weighted by molar-refractivity contribution is -0.117. The van der Waals surface area contributed by atoms with Gasteiger partial charge in [0.1, 0.15) is 0 Å². The molecule has 0 atom stereocenters. The molecule has 3 rings (SSSR count). The normalized spacial score (nSPS) is 10.4. The lowest BCUT2D eigenvalue weighted by Crippen LogP contribution is -2.31. The van der Waals surface area contributed by atoms with Gasteiger partial charge in [-0.1, -0.05) is 48.5 Å². The van der Waals surface area contributed by atoms with Gasteiger partial charge in [-0.15, -0.1) is 0 Å². The molecular weight excluding hydrogens is 348 g/mol. The van der Waals surface area contributed by atoms with E-state index < -0.39 is 0 Å². The largest absolute Gasteiger partial charge is 0.322 e. The van der Waals surface area contributed by atoms with Crippen LogP contribution in [-0.2, 0) is 11.2 Å². The number of para-hydroxylation sites is 1. The Labute approximate surface area is 165 Å². The Balaban J connectivity index is 1.65. The second kappa shape index (κ2) is 9.00. The summed E-state index contributed by atoms with van der Waals surface area (Å²) in [6, 6.07) is 24.6. The topological polar surface area (TPSA) is 49.4 Å². The van der Waals surface area contributed by atoms with Crippen molar-refractivity contribution in [2.45, 2.75) is 20.3 Å². The zero-order valence-electron chi connectivity index (χ0n) is 16.2. The van der Waals surface area contributed by atoms with E-state index in [1.54, 1.807) is 11.0 Å². The van der Waals surface area contributed by atoms with Gasteiger partial charge in [0.05, 0.1) is 6.42 Å². The highest BCUT2D eigenvalue weighted by Crippen LogP contribution is 2.17. The Kier molecular flexibility index (Phi) is 6.22. The number of rotatable bonds is 6. The lowest BCUT2D eigenvalue weighted by Gasteiger charge is -2.21. The Bertz CT molecular complexity index is 950. The third kappa shape index (κ3) is 4.65. The summed E-state index contributed by atoms with van der Waals surface area (Å²) in [5.74, 6) is -0.0893. The molecule has 0 aliphatic rings. The zero-order valence-corrected chi connectivity index (χ0v) is 16.2. The number of carbonyl (C=O) groups excluding carboxylic acids is 2. The summed E-state index contributed by atoms with van der Waals surface area (Å²) in [5.41, 5.74) is 4.11. The molecule has 0 aromatic heterocycles. The summed E-state index contributed by atoms with van der Waals surface area (Å²) in [4.78, 5) is 26.9. The van der Waals surface area contributed by atoms with Crippen LogP contribution in [0.2, 0.25) is 0 Å². The molecule has 0 aliphatic heterocycles. The second-order valence-electron chi connectivity index (χ2n) is 6.62. The minimum atomic E-state index is -0.136. The van der Waals surface area contributed by atoms with Gasteiger partial charge < -0.3 is 10.2 Å². The molecule has 3 aromatic carbocycles. The summed E-state index contributed by atoms with van der Waals surface area (Å²) in [6.45, 7) is 4.50. The summed E-state index contributed by atoms with van der Waals surface area (Å²) >= 11 is 0. The van der Waals surface area contributed by atoms with E-state index in [0.717, 1.165) is 16.8 Å². The van der Waals surface area contributed by atoms with Gasteiger partial charge in [0, 0.05) is 23.5 Å². The fourth-order valence-corrected chi connectivity index (χ4v) is 3.11. The average Bonchev–Trinajstić information content (AvgIpc) is 2.71. The standard InChI is InChI=1S/C24H24N2O2/c1-3-26(21-10-5-4-6-11-21)23(27)17-19-13-15-20(16-14-19)25-24(28)22-12-8-7-9-18(22)2/h4-16H,3,17H2,1-2H3,(H,25,28). The number of carbonyl (C=O) groups is 2. The van der Waals surface area contributed by atoms with Crippen LogP contribution in [0.4, 0.5) is 11.4 Å². The smallest absolute Gasteiger partial charge is 0.255 e. The molecule has 3 aromatic rings. The van der Waals surface area contributed by atoms with Crippen LogP contribution in [0.3, 0.4) is 0 Å². The molecule has 4 nitrogen and oxygen atoms in total. The van der Waals surface area contributed by atoms with Gasteiger partial charge in [0.15, 0.2) is 0 Å². The highest BCUT2D eigenvalue weighted by molar-refractivity contribution is 6.05. The monoisotopic (exact) mass is 372 g/mol. The van der Waals surface area contributed by atoms with E-state index in [-0.39, 0.29) is 11.8 Å². The number of nitrogens with zero attached hydrogens (tertiary/aromatic N) is 1. The number of benzene rings is 3. The van der Waals surface area contributed by atoms with Crippen LogP contribution in [0.1, 0.15) is 28.4 Å². The maximum atomic E-state index is 12.7. The number of anilines is 2. The van der Waals surface area contributed by atoms with Crippen LogP contribution < -0.4 is 10.2 Å². The van der Waals surface area contributed by atoms with E-state index in [9.17, 15) is 9.59 Å². The molecular formula is C24H24N2O2. The van der Waals surface area contributed by atoms with Crippen LogP contribution in [0.5, 0.6) is 0 Å². The molecule has 0 bridgehead atoms. The highest BCUT2D eigenvalue weighted by atomic mass is 16.2. The minimum absolute atomic E-state index is 0.0467. The predicted molar refractivity (Wildman–Crippen MR) is 114 cm³/mol. The van der Waals surface area contributed by atoms with Gasteiger partial charge >= 0.3 is 0 Å². The summed E-state index contributed by atoms with van der Waals surface area (Å²) in [5, 5.41) is 2.91. The molecule has 0 spiro atoms. The third-order valence-electron chi connectivity index (χ3n) is 4.64. The first-order valence-electron chi connectivity index (χ1n) is 9.40. The number of amides is 2. The van der Waals surface area contributed by atoms with E-state index in [1.165, 1.54) is 0 Å². The van der Waals surface area contributed by atoms with Crippen molar-refractivity contribution in [2.75, 3.05) is 16.8 Å². The molecule has 0 heterocycles. The van der Waals surface area contributed by atoms with Gasteiger partial charge in [-0.05, 0) is 55.3 Å². The quantitative estimate of drug-likeness (QED) is 0.673. The number of hydrogen-bond acceptors (Lipinski definition) is 2. The van der Waals surface area contributed by atoms with E-state index in [4.69, 9.17) is 0 Å². The molecule has 0 aliphatic carbocycles. The fourth-order valence-electron chi connectivity index (χ4n) is 3.11. The van der Waals surface area contributed by atoms with Crippen molar-refractivity contribution in [3.63, 3.8) is 0 Å². The Morgan fingerprint density at radius 2 is 1.50 bits per heavy atom. The van der Waals surface area contributed by atoms with Crippen molar-refractivity contribution in [2.24, 2.45) is 0 Å². The molecule has 4 heteroatoms. The Morgan fingerprint density at radius 1 is 0.857 bits per heavy atom.